The van der Waals surface area contributed by atoms with Crippen LogP contribution in [0.3, 0.4) is 0 Å². The van der Waals surface area contributed by atoms with Gasteiger partial charge >= 0.3 is 0 Å². The molecule has 1 fully saturated rings. The first-order valence-corrected chi connectivity index (χ1v) is 8.34. The number of rotatable bonds is 6. The molecule has 130 valence electrons. The van der Waals surface area contributed by atoms with Gasteiger partial charge in [0.25, 0.3) is 5.88 Å². The van der Waals surface area contributed by atoms with Gasteiger partial charge in [0, 0.05) is 37.1 Å². The van der Waals surface area contributed by atoms with Gasteiger partial charge in [-0.3, -0.25) is 0 Å². The molecule has 2 aromatic heterocycles. The average molecular weight is 332 g/mol. The first-order chi connectivity index (χ1) is 11.6. The summed E-state index contributed by atoms with van der Waals surface area (Å²) in [4.78, 5) is 11.4. The van der Waals surface area contributed by atoms with Gasteiger partial charge in [-0.25, -0.2) is 14.6 Å². The Labute approximate surface area is 141 Å². The minimum absolute atomic E-state index is 0.471. The predicted octanol–water partition coefficient (Wildman–Crippen LogP) is 1.42. The molecule has 0 unspecified atom stereocenters. The molecule has 0 aliphatic carbocycles. The molecule has 24 heavy (non-hydrogen) atoms. The summed E-state index contributed by atoms with van der Waals surface area (Å²) in [5.74, 6) is 1.32. The number of anilines is 1. The fourth-order valence-corrected chi connectivity index (χ4v) is 2.90. The van der Waals surface area contributed by atoms with Crippen LogP contribution in [0.25, 0.3) is 0 Å². The quantitative estimate of drug-likeness (QED) is 0.795. The fourth-order valence-electron chi connectivity index (χ4n) is 2.90. The smallest absolute Gasteiger partial charge is 0.278 e. The molecule has 1 aliphatic heterocycles. The van der Waals surface area contributed by atoms with Crippen molar-refractivity contribution in [2.75, 3.05) is 31.1 Å². The molecule has 3 rings (SSSR count). The van der Waals surface area contributed by atoms with E-state index >= 15 is 0 Å². The summed E-state index contributed by atoms with van der Waals surface area (Å²) in [6.45, 7) is 9.09. The van der Waals surface area contributed by atoms with Crippen molar-refractivity contribution >= 4 is 5.95 Å². The first kappa shape index (κ1) is 16.6. The second kappa shape index (κ2) is 7.57. The Morgan fingerprint density at radius 1 is 1.17 bits per heavy atom. The standard InChI is InChI=1S/C16H24N6O2/c1-11-10-12(2)19-16(18-11)22-7-4-14(5-8-22)17-6-9-23-15-13(3)20-24-21-15/h10,14,17H,4-9H2,1-3H3. The van der Waals surface area contributed by atoms with E-state index in [2.05, 4.69) is 35.1 Å². The number of aromatic nitrogens is 4. The van der Waals surface area contributed by atoms with Gasteiger partial charge in [0.2, 0.25) is 5.95 Å². The number of hydrogen-bond acceptors (Lipinski definition) is 8. The van der Waals surface area contributed by atoms with Gasteiger partial charge in [-0.15, -0.1) is 0 Å². The maximum absolute atomic E-state index is 5.52. The maximum atomic E-state index is 5.52. The Bertz CT molecular complexity index is 646. The minimum Gasteiger partial charge on any atom is -0.473 e. The topological polar surface area (TPSA) is 89.2 Å². The van der Waals surface area contributed by atoms with Gasteiger partial charge in [0.15, 0.2) is 0 Å². The lowest BCUT2D eigenvalue weighted by atomic mass is 10.1. The summed E-state index contributed by atoms with van der Waals surface area (Å²) >= 11 is 0. The van der Waals surface area contributed by atoms with Crippen LogP contribution < -0.4 is 15.0 Å². The van der Waals surface area contributed by atoms with Crippen molar-refractivity contribution in [3.05, 3.63) is 23.1 Å². The molecule has 8 nitrogen and oxygen atoms in total. The monoisotopic (exact) mass is 332 g/mol. The van der Waals surface area contributed by atoms with E-state index in [-0.39, 0.29) is 0 Å². The number of aryl methyl sites for hydroxylation is 3. The van der Waals surface area contributed by atoms with E-state index in [9.17, 15) is 0 Å². The molecule has 0 spiro atoms. The van der Waals surface area contributed by atoms with Crippen LogP contribution in [0.5, 0.6) is 5.88 Å². The highest BCUT2D eigenvalue weighted by molar-refractivity contribution is 5.32. The molecular weight excluding hydrogens is 308 g/mol. The molecule has 0 aromatic carbocycles. The number of ether oxygens (including phenoxy) is 1. The number of hydrogen-bond donors (Lipinski definition) is 1. The summed E-state index contributed by atoms with van der Waals surface area (Å²) in [6.07, 6.45) is 2.14. The van der Waals surface area contributed by atoms with Crippen molar-refractivity contribution in [3.63, 3.8) is 0 Å². The van der Waals surface area contributed by atoms with E-state index in [4.69, 9.17) is 4.74 Å². The summed E-state index contributed by atoms with van der Waals surface area (Å²) in [5.41, 5.74) is 2.72. The molecule has 3 heterocycles. The van der Waals surface area contributed by atoms with Crippen molar-refractivity contribution in [2.45, 2.75) is 39.7 Å². The van der Waals surface area contributed by atoms with E-state index in [1.165, 1.54) is 0 Å². The van der Waals surface area contributed by atoms with Gasteiger partial charge < -0.3 is 15.0 Å². The maximum Gasteiger partial charge on any atom is 0.278 e. The zero-order valence-corrected chi connectivity index (χ0v) is 14.4. The molecule has 0 saturated carbocycles. The van der Waals surface area contributed by atoms with Crippen LogP contribution in [0.4, 0.5) is 5.95 Å². The minimum atomic E-state index is 0.471. The van der Waals surface area contributed by atoms with E-state index in [0.29, 0.717) is 24.2 Å². The van der Waals surface area contributed by atoms with Crippen molar-refractivity contribution in [3.8, 4) is 5.88 Å². The van der Waals surface area contributed by atoms with Gasteiger partial charge in [-0.05, 0) is 44.8 Å². The number of nitrogens with one attached hydrogen (secondary N) is 1. The van der Waals surface area contributed by atoms with Crippen LogP contribution in [-0.4, -0.2) is 52.6 Å². The van der Waals surface area contributed by atoms with Gasteiger partial charge in [0.05, 0.1) is 0 Å². The highest BCUT2D eigenvalue weighted by Crippen LogP contribution is 2.17. The molecule has 2 aromatic rings. The third-order valence-electron chi connectivity index (χ3n) is 4.13. The lowest BCUT2D eigenvalue weighted by Gasteiger charge is -2.32. The third-order valence-corrected chi connectivity index (χ3v) is 4.13. The zero-order chi connectivity index (χ0) is 16.9. The number of piperidine rings is 1. The SMILES string of the molecule is Cc1cc(C)nc(N2CCC(NCCOc3nonc3C)CC2)n1. The Balaban J connectivity index is 1.40. The highest BCUT2D eigenvalue weighted by atomic mass is 16.6. The van der Waals surface area contributed by atoms with Crippen LogP contribution in [0.2, 0.25) is 0 Å². The summed E-state index contributed by atoms with van der Waals surface area (Å²) in [5, 5.41) is 10.9. The van der Waals surface area contributed by atoms with Crippen LogP contribution in [0, 0.1) is 20.8 Å². The van der Waals surface area contributed by atoms with Crippen LogP contribution >= 0.6 is 0 Å². The molecule has 0 atom stereocenters. The van der Waals surface area contributed by atoms with E-state index in [1.54, 1.807) is 0 Å². The van der Waals surface area contributed by atoms with Crippen molar-refractivity contribution < 1.29 is 9.37 Å². The average Bonchev–Trinajstić information content (AvgIpc) is 2.96. The Morgan fingerprint density at radius 2 is 1.88 bits per heavy atom. The largest absolute Gasteiger partial charge is 0.473 e. The molecular formula is C16H24N6O2. The highest BCUT2D eigenvalue weighted by Gasteiger charge is 2.21. The Kier molecular flexibility index (Phi) is 5.24. The lowest BCUT2D eigenvalue weighted by Crippen LogP contribution is -2.44. The molecule has 1 N–H and O–H groups in total. The Hall–Kier alpha value is -2.22. The van der Waals surface area contributed by atoms with Crippen molar-refractivity contribution in [1.82, 2.24) is 25.6 Å². The summed E-state index contributed by atoms with van der Waals surface area (Å²) in [6, 6.07) is 2.50. The van der Waals surface area contributed by atoms with Crippen LogP contribution in [-0.2, 0) is 0 Å². The van der Waals surface area contributed by atoms with Crippen LogP contribution in [0.1, 0.15) is 29.9 Å². The van der Waals surface area contributed by atoms with E-state index < -0.39 is 0 Å². The van der Waals surface area contributed by atoms with E-state index in [1.807, 2.05) is 26.8 Å². The molecule has 0 amide bonds. The summed E-state index contributed by atoms with van der Waals surface area (Å²) in [7, 11) is 0. The van der Waals surface area contributed by atoms with E-state index in [0.717, 1.165) is 49.8 Å². The number of nitrogens with zero attached hydrogens (tertiary/aromatic N) is 5. The first-order valence-electron chi connectivity index (χ1n) is 8.34. The molecule has 0 radical (unpaired) electrons. The van der Waals surface area contributed by atoms with Crippen molar-refractivity contribution in [2.24, 2.45) is 0 Å². The zero-order valence-electron chi connectivity index (χ0n) is 14.4. The van der Waals surface area contributed by atoms with Gasteiger partial charge in [0.1, 0.15) is 12.3 Å². The second-order valence-corrected chi connectivity index (χ2v) is 6.17. The van der Waals surface area contributed by atoms with Gasteiger partial charge in [-0.1, -0.05) is 5.16 Å². The van der Waals surface area contributed by atoms with Crippen molar-refractivity contribution in [1.29, 1.82) is 0 Å². The Morgan fingerprint density at radius 3 is 2.50 bits per heavy atom. The predicted molar refractivity (Wildman–Crippen MR) is 89.3 cm³/mol. The normalized spacial score (nSPS) is 15.7. The molecule has 8 heteroatoms. The molecule has 1 aliphatic rings. The fraction of sp³-hybridized carbons (Fsp3) is 0.625. The third kappa shape index (κ3) is 4.19. The second-order valence-electron chi connectivity index (χ2n) is 6.17. The molecule has 1 saturated heterocycles. The lowest BCUT2D eigenvalue weighted by molar-refractivity contribution is 0.249. The summed E-state index contributed by atoms with van der Waals surface area (Å²) < 4.78 is 10.1. The van der Waals surface area contributed by atoms with Crippen LogP contribution in [0.15, 0.2) is 10.7 Å². The molecule has 0 bridgehead atoms. The van der Waals surface area contributed by atoms with Gasteiger partial charge in [-0.2, -0.15) is 0 Å².